The van der Waals surface area contributed by atoms with Crippen LogP contribution in [0.25, 0.3) is 0 Å². The Hall–Kier alpha value is -1.58. The SMILES string of the molecule is CC(C(=O)O)C(C)c1ccc(F)c(N)c1. The molecule has 1 rings (SSSR count). The van der Waals surface area contributed by atoms with Gasteiger partial charge in [0.25, 0.3) is 0 Å². The number of nitrogen functional groups attached to an aromatic ring is 1. The zero-order valence-corrected chi connectivity index (χ0v) is 8.70. The minimum Gasteiger partial charge on any atom is -0.481 e. The van der Waals surface area contributed by atoms with Crippen LogP contribution in [0.4, 0.5) is 10.1 Å². The molecule has 0 saturated heterocycles. The Morgan fingerprint density at radius 3 is 2.53 bits per heavy atom. The summed E-state index contributed by atoms with van der Waals surface area (Å²) in [6.45, 7) is 3.40. The zero-order valence-electron chi connectivity index (χ0n) is 8.70. The van der Waals surface area contributed by atoms with Gasteiger partial charge in [-0.1, -0.05) is 19.9 Å². The summed E-state index contributed by atoms with van der Waals surface area (Å²) in [5, 5.41) is 8.83. The van der Waals surface area contributed by atoms with Gasteiger partial charge < -0.3 is 10.8 Å². The molecule has 0 aromatic heterocycles. The molecule has 0 bridgehead atoms. The van der Waals surface area contributed by atoms with E-state index in [1.807, 2.05) is 0 Å². The Labute approximate surface area is 87.7 Å². The van der Waals surface area contributed by atoms with Gasteiger partial charge in [-0.15, -0.1) is 0 Å². The van der Waals surface area contributed by atoms with Crippen LogP contribution in [0.2, 0.25) is 0 Å². The number of anilines is 1. The van der Waals surface area contributed by atoms with Crippen LogP contribution >= 0.6 is 0 Å². The molecule has 15 heavy (non-hydrogen) atoms. The Morgan fingerprint density at radius 2 is 2.07 bits per heavy atom. The normalized spacial score (nSPS) is 14.6. The van der Waals surface area contributed by atoms with Gasteiger partial charge in [0.1, 0.15) is 5.82 Å². The van der Waals surface area contributed by atoms with E-state index >= 15 is 0 Å². The third-order valence-corrected chi connectivity index (χ3v) is 2.69. The highest BCUT2D eigenvalue weighted by Crippen LogP contribution is 2.26. The third-order valence-electron chi connectivity index (χ3n) is 2.69. The van der Waals surface area contributed by atoms with Crippen molar-refractivity contribution >= 4 is 11.7 Å². The van der Waals surface area contributed by atoms with E-state index in [9.17, 15) is 9.18 Å². The fourth-order valence-corrected chi connectivity index (χ4v) is 1.35. The second kappa shape index (κ2) is 4.29. The van der Waals surface area contributed by atoms with Crippen molar-refractivity contribution in [3.63, 3.8) is 0 Å². The lowest BCUT2D eigenvalue weighted by Crippen LogP contribution is -2.16. The summed E-state index contributed by atoms with van der Waals surface area (Å²) in [7, 11) is 0. The van der Waals surface area contributed by atoms with E-state index in [0.717, 1.165) is 5.56 Å². The topological polar surface area (TPSA) is 63.3 Å². The number of carbonyl (C=O) groups is 1. The maximum absolute atomic E-state index is 12.9. The molecule has 1 aromatic rings. The molecule has 0 aliphatic rings. The van der Waals surface area contributed by atoms with E-state index in [4.69, 9.17) is 10.8 Å². The van der Waals surface area contributed by atoms with Crippen LogP contribution in [-0.4, -0.2) is 11.1 Å². The molecule has 2 atom stereocenters. The van der Waals surface area contributed by atoms with Gasteiger partial charge in [-0.3, -0.25) is 4.79 Å². The molecule has 0 saturated carbocycles. The molecule has 2 unspecified atom stereocenters. The number of hydrogen-bond acceptors (Lipinski definition) is 2. The van der Waals surface area contributed by atoms with Crippen molar-refractivity contribution in [1.82, 2.24) is 0 Å². The van der Waals surface area contributed by atoms with Crippen molar-refractivity contribution < 1.29 is 14.3 Å². The molecule has 3 N–H and O–H groups in total. The summed E-state index contributed by atoms with van der Waals surface area (Å²) < 4.78 is 12.9. The van der Waals surface area contributed by atoms with Crippen molar-refractivity contribution in [3.05, 3.63) is 29.6 Å². The molecular formula is C11H14FNO2. The maximum atomic E-state index is 12.9. The molecule has 0 heterocycles. The van der Waals surface area contributed by atoms with Crippen LogP contribution in [0.3, 0.4) is 0 Å². The van der Waals surface area contributed by atoms with E-state index in [0.29, 0.717) is 0 Å². The van der Waals surface area contributed by atoms with Crippen LogP contribution in [0.5, 0.6) is 0 Å². The largest absolute Gasteiger partial charge is 0.481 e. The Bertz CT molecular complexity index is 379. The lowest BCUT2D eigenvalue weighted by atomic mass is 9.89. The number of halogens is 1. The van der Waals surface area contributed by atoms with Crippen LogP contribution in [-0.2, 0) is 4.79 Å². The van der Waals surface area contributed by atoms with Gasteiger partial charge in [-0.05, 0) is 23.6 Å². The second-order valence-electron chi connectivity index (χ2n) is 3.70. The average Bonchev–Trinajstić information content (AvgIpc) is 2.19. The molecule has 0 aliphatic carbocycles. The highest BCUT2D eigenvalue weighted by Gasteiger charge is 2.21. The van der Waals surface area contributed by atoms with Gasteiger partial charge in [-0.25, -0.2) is 4.39 Å². The lowest BCUT2D eigenvalue weighted by Gasteiger charge is -2.16. The van der Waals surface area contributed by atoms with Crippen LogP contribution in [0, 0.1) is 11.7 Å². The summed E-state index contributed by atoms with van der Waals surface area (Å²) in [5.74, 6) is -2.06. The van der Waals surface area contributed by atoms with Crippen LogP contribution in [0.1, 0.15) is 25.3 Å². The summed E-state index contributed by atoms with van der Waals surface area (Å²) in [4.78, 5) is 10.8. The Morgan fingerprint density at radius 1 is 1.47 bits per heavy atom. The first-order valence-corrected chi connectivity index (χ1v) is 4.71. The fraction of sp³-hybridized carbons (Fsp3) is 0.364. The first-order valence-electron chi connectivity index (χ1n) is 4.71. The fourth-order valence-electron chi connectivity index (χ4n) is 1.35. The number of rotatable bonds is 3. The summed E-state index contributed by atoms with van der Waals surface area (Å²) >= 11 is 0. The highest BCUT2D eigenvalue weighted by atomic mass is 19.1. The average molecular weight is 211 g/mol. The minimum absolute atomic E-state index is 0.0527. The zero-order chi connectivity index (χ0) is 11.6. The number of aliphatic carboxylic acids is 1. The molecule has 0 spiro atoms. The second-order valence-corrected chi connectivity index (χ2v) is 3.70. The van der Waals surface area contributed by atoms with Gasteiger partial charge in [-0.2, -0.15) is 0 Å². The predicted octanol–water partition coefficient (Wildman–Crippen LogP) is 2.23. The lowest BCUT2D eigenvalue weighted by molar-refractivity contribution is -0.141. The van der Waals surface area contributed by atoms with E-state index < -0.39 is 17.7 Å². The Kier molecular flexibility index (Phi) is 3.29. The smallest absolute Gasteiger partial charge is 0.306 e. The van der Waals surface area contributed by atoms with Gasteiger partial charge >= 0.3 is 5.97 Å². The third kappa shape index (κ3) is 2.46. The number of nitrogens with two attached hydrogens (primary N) is 1. The first kappa shape index (κ1) is 11.5. The monoisotopic (exact) mass is 211 g/mol. The molecule has 1 aromatic carbocycles. The van der Waals surface area contributed by atoms with E-state index in [1.54, 1.807) is 19.9 Å². The molecule has 0 fully saturated rings. The molecule has 4 heteroatoms. The first-order chi connectivity index (χ1) is 6.93. The summed E-state index contributed by atoms with van der Waals surface area (Å²) in [5.41, 5.74) is 6.20. The van der Waals surface area contributed by atoms with Crippen LogP contribution < -0.4 is 5.73 Å². The van der Waals surface area contributed by atoms with E-state index in [-0.39, 0.29) is 11.6 Å². The molecule has 3 nitrogen and oxygen atoms in total. The summed E-state index contributed by atoms with van der Waals surface area (Å²) in [6, 6.07) is 4.31. The quantitative estimate of drug-likeness (QED) is 0.753. The number of benzene rings is 1. The molecule has 0 amide bonds. The van der Waals surface area contributed by atoms with E-state index in [2.05, 4.69) is 0 Å². The van der Waals surface area contributed by atoms with Crippen molar-refractivity contribution in [2.75, 3.05) is 5.73 Å². The maximum Gasteiger partial charge on any atom is 0.306 e. The van der Waals surface area contributed by atoms with Crippen molar-refractivity contribution in [1.29, 1.82) is 0 Å². The van der Waals surface area contributed by atoms with Gasteiger partial charge in [0, 0.05) is 0 Å². The number of hydrogen-bond donors (Lipinski definition) is 2. The summed E-state index contributed by atoms with van der Waals surface area (Å²) in [6.07, 6.45) is 0. The molecule has 82 valence electrons. The van der Waals surface area contributed by atoms with Crippen molar-refractivity contribution in [2.24, 2.45) is 5.92 Å². The molecule has 0 radical (unpaired) electrons. The van der Waals surface area contributed by atoms with Crippen molar-refractivity contribution in [2.45, 2.75) is 19.8 Å². The van der Waals surface area contributed by atoms with Gasteiger partial charge in [0.15, 0.2) is 0 Å². The van der Waals surface area contributed by atoms with Crippen molar-refractivity contribution in [3.8, 4) is 0 Å². The predicted molar refractivity (Wildman–Crippen MR) is 56.0 cm³/mol. The van der Waals surface area contributed by atoms with Crippen LogP contribution in [0.15, 0.2) is 18.2 Å². The van der Waals surface area contributed by atoms with Gasteiger partial charge in [0.2, 0.25) is 0 Å². The number of carboxylic acids is 1. The standard InChI is InChI=1S/C11H14FNO2/c1-6(7(2)11(14)15)8-3-4-9(12)10(13)5-8/h3-7H,13H2,1-2H3,(H,14,15). The molecular weight excluding hydrogens is 197 g/mol. The molecule has 0 aliphatic heterocycles. The Balaban J connectivity index is 2.96. The number of carboxylic acid groups (broad SMARTS) is 1. The van der Waals surface area contributed by atoms with Gasteiger partial charge in [0.05, 0.1) is 11.6 Å². The highest BCUT2D eigenvalue weighted by molar-refractivity contribution is 5.71. The van der Waals surface area contributed by atoms with E-state index in [1.165, 1.54) is 12.1 Å². The minimum atomic E-state index is -0.870.